The lowest BCUT2D eigenvalue weighted by Gasteiger charge is -2.36. The van der Waals surface area contributed by atoms with Gasteiger partial charge in [-0.1, -0.05) is 66.4 Å². The van der Waals surface area contributed by atoms with Gasteiger partial charge in [0.1, 0.15) is 6.04 Å². The van der Waals surface area contributed by atoms with Crippen molar-refractivity contribution in [2.45, 2.75) is 61.7 Å². The second-order valence-corrected chi connectivity index (χ2v) is 12.1. The molecule has 0 unspecified atom stereocenters. The summed E-state index contributed by atoms with van der Waals surface area (Å²) in [5.41, 5.74) is 3.37. The maximum Gasteiger partial charge on any atom is 0.471 e. The van der Waals surface area contributed by atoms with Gasteiger partial charge in [0, 0.05) is 30.0 Å². The lowest BCUT2D eigenvalue weighted by Crippen LogP contribution is -2.48. The van der Waals surface area contributed by atoms with Gasteiger partial charge >= 0.3 is 12.1 Å². The third-order valence-electron chi connectivity index (χ3n) is 7.94. The van der Waals surface area contributed by atoms with E-state index in [1.165, 1.54) is 11.8 Å². The molecule has 2 saturated heterocycles. The molecule has 246 valence electrons. The SMILES string of the molecule is O=C(Nc1cccc([C@H]2O[C@@H](CSc3nnnn3-c3ccccc3)C[C@@H](c3ccc(CO)cc3)O2)c1)[C@@H]1CCCN1C(=O)C(F)(F)F. The van der Waals surface area contributed by atoms with Crippen LogP contribution in [0.1, 0.15) is 48.3 Å². The number of anilines is 1. The highest BCUT2D eigenvalue weighted by atomic mass is 32.2. The number of carbonyl (C=O) groups is 2. The number of rotatable bonds is 9. The van der Waals surface area contributed by atoms with Gasteiger partial charge < -0.3 is 24.8 Å². The summed E-state index contributed by atoms with van der Waals surface area (Å²) in [5, 5.41) is 24.9. The Morgan fingerprint density at radius 3 is 2.53 bits per heavy atom. The topological polar surface area (TPSA) is 132 Å². The molecule has 0 aliphatic carbocycles. The third kappa shape index (κ3) is 7.64. The summed E-state index contributed by atoms with van der Waals surface area (Å²) in [6.07, 6.45) is -5.68. The predicted octanol–water partition coefficient (Wildman–Crippen LogP) is 4.98. The van der Waals surface area contributed by atoms with Crippen LogP contribution >= 0.6 is 11.8 Å². The minimum atomic E-state index is -5.06. The van der Waals surface area contributed by atoms with Gasteiger partial charge in [-0.25, -0.2) is 0 Å². The maximum absolute atomic E-state index is 13.1. The number of nitrogens with zero attached hydrogens (tertiary/aromatic N) is 5. The molecule has 3 aromatic carbocycles. The lowest BCUT2D eigenvalue weighted by atomic mass is 10.0. The van der Waals surface area contributed by atoms with E-state index >= 15 is 0 Å². The highest BCUT2D eigenvalue weighted by Gasteiger charge is 2.47. The molecule has 2 amide bonds. The van der Waals surface area contributed by atoms with Crippen LogP contribution in [-0.2, 0) is 25.7 Å². The van der Waals surface area contributed by atoms with E-state index in [4.69, 9.17) is 9.47 Å². The summed E-state index contributed by atoms with van der Waals surface area (Å²) in [6, 6.07) is 22.4. The van der Waals surface area contributed by atoms with E-state index in [-0.39, 0.29) is 31.8 Å². The van der Waals surface area contributed by atoms with Crippen molar-refractivity contribution in [3.63, 3.8) is 0 Å². The Bertz CT molecular complexity index is 1690. The third-order valence-corrected chi connectivity index (χ3v) is 8.99. The Labute approximate surface area is 272 Å². The fourth-order valence-corrected chi connectivity index (χ4v) is 6.53. The number of aromatic nitrogens is 4. The maximum atomic E-state index is 13.1. The van der Waals surface area contributed by atoms with Crippen LogP contribution < -0.4 is 5.32 Å². The molecule has 2 aliphatic rings. The average Bonchev–Trinajstić information content (AvgIpc) is 3.77. The molecule has 0 saturated carbocycles. The predicted molar refractivity (Wildman–Crippen MR) is 164 cm³/mol. The number of nitrogens with one attached hydrogen (secondary N) is 1. The number of carbonyl (C=O) groups excluding carboxylic acids is 2. The molecule has 15 heteroatoms. The molecule has 6 rings (SSSR count). The minimum Gasteiger partial charge on any atom is -0.392 e. The Kier molecular flexibility index (Phi) is 9.87. The van der Waals surface area contributed by atoms with Crippen LogP contribution in [0.3, 0.4) is 0 Å². The second-order valence-electron chi connectivity index (χ2n) is 11.1. The van der Waals surface area contributed by atoms with Crippen molar-refractivity contribution in [1.82, 2.24) is 25.1 Å². The summed E-state index contributed by atoms with van der Waals surface area (Å²) in [4.78, 5) is 25.5. The van der Waals surface area contributed by atoms with Crippen LogP contribution in [0.15, 0.2) is 84.0 Å². The average molecular weight is 669 g/mol. The molecule has 3 heterocycles. The van der Waals surface area contributed by atoms with Gasteiger partial charge in [0.25, 0.3) is 0 Å². The molecule has 0 radical (unpaired) electrons. The molecule has 47 heavy (non-hydrogen) atoms. The van der Waals surface area contributed by atoms with Crippen LogP contribution in [0, 0.1) is 0 Å². The van der Waals surface area contributed by atoms with Gasteiger partial charge in [-0.2, -0.15) is 17.9 Å². The van der Waals surface area contributed by atoms with Gasteiger partial charge in [-0.05, 0) is 58.7 Å². The van der Waals surface area contributed by atoms with Gasteiger partial charge in [0.05, 0.1) is 24.5 Å². The molecule has 2 N–H and O–H groups in total. The number of tetrazole rings is 1. The zero-order chi connectivity index (χ0) is 33.0. The first-order chi connectivity index (χ1) is 22.7. The highest BCUT2D eigenvalue weighted by molar-refractivity contribution is 7.99. The van der Waals surface area contributed by atoms with E-state index in [0.717, 1.165) is 16.8 Å². The largest absolute Gasteiger partial charge is 0.471 e. The Balaban J connectivity index is 1.19. The number of hydrogen-bond acceptors (Lipinski definition) is 9. The number of halogens is 3. The molecule has 4 aromatic rings. The number of aliphatic hydroxyl groups is 1. The fraction of sp³-hybridized carbons (Fsp3) is 0.344. The molecule has 0 spiro atoms. The van der Waals surface area contributed by atoms with Crippen LogP contribution in [0.25, 0.3) is 5.69 Å². The van der Waals surface area contributed by atoms with E-state index in [1.807, 2.05) is 54.6 Å². The van der Waals surface area contributed by atoms with Gasteiger partial charge in [0.2, 0.25) is 11.1 Å². The summed E-state index contributed by atoms with van der Waals surface area (Å²) in [6.45, 7) is -0.230. The zero-order valence-electron chi connectivity index (χ0n) is 24.9. The van der Waals surface area contributed by atoms with Crippen molar-refractivity contribution < 1.29 is 37.3 Å². The van der Waals surface area contributed by atoms with E-state index in [1.54, 1.807) is 28.9 Å². The van der Waals surface area contributed by atoms with E-state index in [2.05, 4.69) is 20.8 Å². The first-order valence-electron chi connectivity index (χ1n) is 15.0. The number of benzene rings is 3. The smallest absolute Gasteiger partial charge is 0.392 e. The number of alkyl halides is 3. The van der Waals surface area contributed by atoms with E-state index in [9.17, 15) is 27.9 Å². The molecule has 2 aliphatic heterocycles. The summed E-state index contributed by atoms with van der Waals surface area (Å²) in [5.74, 6) is -2.23. The summed E-state index contributed by atoms with van der Waals surface area (Å²) < 4.78 is 53.8. The molecule has 4 atom stereocenters. The molecular formula is C32H31F3N6O5S. The highest BCUT2D eigenvalue weighted by Crippen LogP contribution is 2.40. The fourth-order valence-electron chi connectivity index (χ4n) is 5.62. The van der Waals surface area contributed by atoms with Gasteiger partial charge in [0.15, 0.2) is 6.29 Å². The number of likely N-dealkylation sites (tertiary alicyclic amines) is 1. The van der Waals surface area contributed by atoms with Crippen LogP contribution in [-0.4, -0.2) is 72.6 Å². The van der Waals surface area contributed by atoms with Crippen LogP contribution in [0.5, 0.6) is 0 Å². The molecular weight excluding hydrogens is 637 g/mol. The Hall–Kier alpha value is -4.31. The minimum absolute atomic E-state index is 0.0889. The number of ether oxygens (including phenoxy) is 2. The number of amides is 2. The summed E-state index contributed by atoms with van der Waals surface area (Å²) >= 11 is 1.43. The number of hydrogen-bond donors (Lipinski definition) is 2. The molecule has 2 fully saturated rings. The number of aliphatic hydroxyl groups excluding tert-OH is 1. The molecule has 1 aromatic heterocycles. The Morgan fingerprint density at radius 2 is 1.79 bits per heavy atom. The van der Waals surface area contributed by atoms with Crippen molar-refractivity contribution in [3.8, 4) is 5.69 Å². The summed E-state index contributed by atoms with van der Waals surface area (Å²) in [7, 11) is 0. The normalized spacial score (nSPS) is 21.5. The van der Waals surface area contributed by atoms with Gasteiger partial charge in [-0.3, -0.25) is 9.59 Å². The van der Waals surface area contributed by atoms with Crippen molar-refractivity contribution >= 4 is 29.3 Å². The molecule has 0 bridgehead atoms. The molecule has 11 nitrogen and oxygen atoms in total. The Morgan fingerprint density at radius 1 is 1.00 bits per heavy atom. The number of thioether (sulfide) groups is 1. The number of para-hydroxylation sites is 1. The van der Waals surface area contributed by atoms with Gasteiger partial charge in [-0.15, -0.1) is 5.10 Å². The van der Waals surface area contributed by atoms with Crippen molar-refractivity contribution in [2.75, 3.05) is 17.6 Å². The van der Waals surface area contributed by atoms with Crippen molar-refractivity contribution in [3.05, 3.63) is 95.6 Å². The zero-order valence-corrected chi connectivity index (χ0v) is 25.7. The standard InChI is InChI=1S/C32H31F3N6O5S/c33-32(34,35)30(44)40-15-5-10-26(40)28(43)36-23-7-4-6-22(16-23)29-45-25(17-27(46-29)21-13-11-20(18-42)12-14-21)19-47-31-37-38-39-41(31)24-8-2-1-3-9-24/h1-4,6-9,11-14,16,25-27,29,42H,5,10,15,17-19H2,(H,36,43)/t25-,26+,27+,29+/m1/s1. The van der Waals surface area contributed by atoms with E-state index in [0.29, 0.717) is 39.9 Å². The van der Waals surface area contributed by atoms with Crippen LogP contribution in [0.4, 0.5) is 18.9 Å². The van der Waals surface area contributed by atoms with Crippen molar-refractivity contribution in [1.29, 1.82) is 0 Å². The lowest BCUT2D eigenvalue weighted by molar-refractivity contribution is -0.245. The van der Waals surface area contributed by atoms with Crippen LogP contribution in [0.2, 0.25) is 0 Å². The van der Waals surface area contributed by atoms with Crippen molar-refractivity contribution in [2.24, 2.45) is 0 Å². The second kappa shape index (κ2) is 14.2. The quantitative estimate of drug-likeness (QED) is 0.237. The van der Waals surface area contributed by atoms with E-state index < -0.39 is 30.3 Å². The first kappa shape index (κ1) is 32.6. The monoisotopic (exact) mass is 668 g/mol. The first-order valence-corrected chi connectivity index (χ1v) is 15.9.